The van der Waals surface area contributed by atoms with E-state index in [4.69, 9.17) is 27.9 Å². The van der Waals surface area contributed by atoms with Crippen LogP contribution in [0.5, 0.6) is 0 Å². The summed E-state index contributed by atoms with van der Waals surface area (Å²) in [6, 6.07) is 1.73. The van der Waals surface area contributed by atoms with E-state index in [0.29, 0.717) is 28.2 Å². The SMILES string of the molecule is CC1(C)OC2(CCCN(C(=O)Cc3cc(Cl)sc3Cl)C2)NC1=O. The van der Waals surface area contributed by atoms with E-state index in [0.717, 1.165) is 12.0 Å². The molecule has 2 aliphatic rings. The predicted molar refractivity (Wildman–Crippen MR) is 89.9 cm³/mol. The molecule has 3 rings (SSSR count). The van der Waals surface area contributed by atoms with Crippen molar-refractivity contribution < 1.29 is 14.3 Å². The molecule has 1 aromatic rings. The number of nitrogens with one attached hydrogen (secondary N) is 1. The molecule has 2 amide bonds. The highest BCUT2D eigenvalue weighted by Crippen LogP contribution is 2.35. The van der Waals surface area contributed by atoms with Crippen molar-refractivity contribution in [2.24, 2.45) is 0 Å². The maximum atomic E-state index is 12.6. The molecule has 3 heterocycles. The molecule has 0 saturated carbocycles. The molecular formula is C15H18Cl2N2O3S. The van der Waals surface area contributed by atoms with Gasteiger partial charge in [0.15, 0.2) is 5.72 Å². The van der Waals surface area contributed by atoms with Crippen LogP contribution in [-0.4, -0.2) is 41.1 Å². The monoisotopic (exact) mass is 376 g/mol. The molecule has 23 heavy (non-hydrogen) atoms. The lowest BCUT2D eigenvalue weighted by Gasteiger charge is -2.40. The Hall–Kier alpha value is -0.820. The molecule has 8 heteroatoms. The number of nitrogens with zero attached hydrogens (tertiary/aromatic N) is 1. The maximum absolute atomic E-state index is 12.6. The first-order valence-corrected chi connectivity index (χ1v) is 9.02. The number of halogens is 2. The molecular weight excluding hydrogens is 359 g/mol. The van der Waals surface area contributed by atoms with E-state index in [2.05, 4.69) is 5.32 Å². The minimum atomic E-state index is -0.865. The van der Waals surface area contributed by atoms with Gasteiger partial charge < -0.3 is 15.0 Å². The van der Waals surface area contributed by atoms with Gasteiger partial charge in [0.1, 0.15) is 5.60 Å². The molecule has 2 aliphatic heterocycles. The number of carbonyl (C=O) groups is 2. The van der Waals surface area contributed by atoms with Crippen molar-refractivity contribution in [2.75, 3.05) is 13.1 Å². The van der Waals surface area contributed by atoms with Gasteiger partial charge in [0.05, 0.1) is 21.6 Å². The zero-order chi connectivity index (χ0) is 16.8. The Morgan fingerprint density at radius 2 is 2.22 bits per heavy atom. The third kappa shape index (κ3) is 3.36. The molecule has 2 saturated heterocycles. The molecule has 126 valence electrons. The van der Waals surface area contributed by atoms with Gasteiger partial charge in [-0.1, -0.05) is 23.2 Å². The zero-order valence-electron chi connectivity index (χ0n) is 12.9. The predicted octanol–water partition coefficient (Wildman–Crippen LogP) is 2.84. The van der Waals surface area contributed by atoms with E-state index in [9.17, 15) is 9.59 Å². The van der Waals surface area contributed by atoms with Crippen LogP contribution in [-0.2, 0) is 20.7 Å². The smallest absolute Gasteiger partial charge is 0.254 e. The number of piperidine rings is 1. The fraction of sp³-hybridized carbons (Fsp3) is 0.600. The van der Waals surface area contributed by atoms with Crippen LogP contribution in [0.15, 0.2) is 6.07 Å². The molecule has 2 fully saturated rings. The number of carbonyl (C=O) groups excluding carboxylic acids is 2. The van der Waals surface area contributed by atoms with E-state index >= 15 is 0 Å². The van der Waals surface area contributed by atoms with Crippen LogP contribution in [0.1, 0.15) is 32.3 Å². The summed E-state index contributed by atoms with van der Waals surface area (Å²) in [5.41, 5.74) is -0.899. The highest BCUT2D eigenvalue weighted by Gasteiger charge is 2.52. The zero-order valence-corrected chi connectivity index (χ0v) is 15.3. The lowest BCUT2D eigenvalue weighted by molar-refractivity contribution is -0.152. The van der Waals surface area contributed by atoms with Crippen LogP contribution >= 0.6 is 34.5 Å². The van der Waals surface area contributed by atoms with Gasteiger partial charge in [-0.15, -0.1) is 11.3 Å². The quantitative estimate of drug-likeness (QED) is 0.862. The Morgan fingerprint density at radius 1 is 1.48 bits per heavy atom. The van der Waals surface area contributed by atoms with Crippen LogP contribution < -0.4 is 5.32 Å². The summed E-state index contributed by atoms with van der Waals surface area (Å²) in [6.45, 7) is 4.49. The molecule has 0 radical (unpaired) electrons. The van der Waals surface area contributed by atoms with Crippen LogP contribution in [0.25, 0.3) is 0 Å². The number of rotatable bonds is 2. The molecule has 5 nitrogen and oxygen atoms in total. The second-order valence-corrected chi connectivity index (χ2v) is 8.79. The first-order chi connectivity index (χ1) is 10.7. The lowest BCUT2D eigenvalue weighted by atomic mass is 10.0. The highest BCUT2D eigenvalue weighted by molar-refractivity contribution is 7.20. The number of ether oxygens (including phenoxy) is 1. The van der Waals surface area contributed by atoms with Gasteiger partial charge in [0, 0.05) is 6.54 Å². The van der Waals surface area contributed by atoms with Gasteiger partial charge in [-0.2, -0.15) is 0 Å². The molecule has 0 aliphatic carbocycles. The van der Waals surface area contributed by atoms with Crippen LogP contribution in [0, 0.1) is 0 Å². The average molecular weight is 377 g/mol. The standard InChI is InChI=1S/C15H18Cl2N2O3S/c1-14(2)13(21)18-15(22-14)4-3-5-19(8-15)11(20)7-9-6-10(16)23-12(9)17/h6H,3-5,7-8H2,1-2H3,(H,18,21). The number of thiophene rings is 1. The van der Waals surface area contributed by atoms with Gasteiger partial charge in [-0.25, -0.2) is 0 Å². The maximum Gasteiger partial charge on any atom is 0.254 e. The first-order valence-electron chi connectivity index (χ1n) is 7.45. The molecule has 1 spiro atoms. The molecule has 0 bridgehead atoms. The van der Waals surface area contributed by atoms with Gasteiger partial charge in [-0.3, -0.25) is 9.59 Å². The normalized spacial score (nSPS) is 26.6. The first kappa shape index (κ1) is 17.0. The van der Waals surface area contributed by atoms with E-state index in [-0.39, 0.29) is 18.2 Å². The second-order valence-electron chi connectivity index (χ2n) is 6.51. The summed E-state index contributed by atoms with van der Waals surface area (Å²) >= 11 is 13.3. The molecule has 1 atom stereocenters. The number of amides is 2. The molecule has 1 aromatic heterocycles. The Morgan fingerprint density at radius 3 is 2.78 bits per heavy atom. The summed E-state index contributed by atoms with van der Waals surface area (Å²) in [7, 11) is 0. The van der Waals surface area contributed by atoms with Crippen molar-refractivity contribution in [2.45, 2.75) is 44.4 Å². The highest BCUT2D eigenvalue weighted by atomic mass is 35.5. The Bertz CT molecular complexity index is 661. The van der Waals surface area contributed by atoms with Crippen molar-refractivity contribution in [1.82, 2.24) is 10.2 Å². The second kappa shape index (κ2) is 5.92. The number of hydrogen-bond acceptors (Lipinski definition) is 4. The number of likely N-dealkylation sites (tertiary alicyclic amines) is 1. The van der Waals surface area contributed by atoms with E-state index < -0.39 is 11.3 Å². The molecule has 0 aromatic carbocycles. The molecule has 1 unspecified atom stereocenters. The van der Waals surface area contributed by atoms with E-state index in [1.54, 1.807) is 24.8 Å². The average Bonchev–Trinajstić information content (AvgIpc) is 2.86. The minimum absolute atomic E-state index is 0.0389. The Kier molecular flexibility index (Phi) is 4.38. The van der Waals surface area contributed by atoms with Gasteiger partial charge in [-0.05, 0) is 38.3 Å². The Balaban J connectivity index is 1.70. The lowest BCUT2D eigenvalue weighted by Crippen LogP contribution is -2.57. The van der Waals surface area contributed by atoms with Crippen LogP contribution in [0.3, 0.4) is 0 Å². The van der Waals surface area contributed by atoms with Crippen molar-refractivity contribution in [3.8, 4) is 0 Å². The van der Waals surface area contributed by atoms with Crippen LogP contribution in [0.4, 0.5) is 0 Å². The summed E-state index contributed by atoms with van der Waals surface area (Å²) in [4.78, 5) is 26.3. The van der Waals surface area contributed by atoms with Crippen molar-refractivity contribution >= 4 is 46.4 Å². The summed E-state index contributed by atoms with van der Waals surface area (Å²) in [6.07, 6.45) is 1.69. The van der Waals surface area contributed by atoms with Gasteiger partial charge in [0.2, 0.25) is 5.91 Å². The van der Waals surface area contributed by atoms with E-state index in [1.807, 2.05) is 0 Å². The summed E-state index contributed by atoms with van der Waals surface area (Å²) in [5, 5.41) is 2.92. The van der Waals surface area contributed by atoms with Gasteiger partial charge in [0.25, 0.3) is 5.91 Å². The minimum Gasteiger partial charge on any atom is -0.338 e. The van der Waals surface area contributed by atoms with Crippen molar-refractivity contribution in [1.29, 1.82) is 0 Å². The third-order valence-corrected chi connectivity index (χ3v) is 5.78. The number of hydrogen-bond donors (Lipinski definition) is 1. The van der Waals surface area contributed by atoms with Gasteiger partial charge >= 0.3 is 0 Å². The fourth-order valence-corrected chi connectivity index (χ4v) is 4.59. The van der Waals surface area contributed by atoms with Crippen LogP contribution in [0.2, 0.25) is 8.67 Å². The fourth-order valence-electron chi connectivity index (χ4n) is 3.11. The van der Waals surface area contributed by atoms with Crippen molar-refractivity contribution in [3.63, 3.8) is 0 Å². The molecule has 1 N–H and O–H groups in total. The summed E-state index contributed by atoms with van der Waals surface area (Å²) in [5.74, 6) is -0.178. The largest absolute Gasteiger partial charge is 0.338 e. The van der Waals surface area contributed by atoms with E-state index in [1.165, 1.54) is 11.3 Å². The van der Waals surface area contributed by atoms with Crippen molar-refractivity contribution in [3.05, 3.63) is 20.3 Å². The Labute approximate surface area is 148 Å². The topological polar surface area (TPSA) is 58.6 Å². The third-order valence-electron chi connectivity index (χ3n) is 4.22. The summed E-state index contributed by atoms with van der Waals surface area (Å²) < 4.78 is 7.06.